The summed E-state index contributed by atoms with van der Waals surface area (Å²) in [6.07, 6.45) is -4.77. The Morgan fingerprint density at radius 2 is 1.86 bits per heavy atom. The van der Waals surface area contributed by atoms with Crippen LogP contribution in [0.5, 0.6) is 11.5 Å². The van der Waals surface area contributed by atoms with Gasteiger partial charge < -0.3 is 19.3 Å². The van der Waals surface area contributed by atoms with Crippen molar-refractivity contribution in [3.8, 4) is 11.5 Å². The van der Waals surface area contributed by atoms with Gasteiger partial charge in [0.15, 0.2) is 17.2 Å². The molecule has 3 aliphatic rings. The molecule has 37 heavy (non-hydrogen) atoms. The molecule has 0 aliphatic carbocycles. The number of ether oxygens (including phenoxy) is 2. The highest BCUT2D eigenvalue weighted by Gasteiger charge is 2.49. The van der Waals surface area contributed by atoms with Crippen molar-refractivity contribution < 1.29 is 32.3 Å². The van der Waals surface area contributed by atoms with Crippen LogP contribution >= 0.6 is 11.3 Å². The van der Waals surface area contributed by atoms with Gasteiger partial charge in [-0.25, -0.2) is 4.98 Å². The predicted octanol–water partition coefficient (Wildman–Crippen LogP) is 2.96. The van der Waals surface area contributed by atoms with Crippen molar-refractivity contribution in [3.63, 3.8) is 0 Å². The minimum absolute atomic E-state index is 0.119. The zero-order valence-electron chi connectivity index (χ0n) is 19.8. The number of allylic oxidation sites excluding steroid dienone is 1. The Hall–Kier alpha value is -3.64. The monoisotopic (exact) mass is 530 g/mol. The summed E-state index contributed by atoms with van der Waals surface area (Å²) in [6, 6.07) is 13.0. The summed E-state index contributed by atoms with van der Waals surface area (Å²) in [5.74, 6) is 0.653. The summed E-state index contributed by atoms with van der Waals surface area (Å²) in [4.78, 5) is 20.8. The summed E-state index contributed by atoms with van der Waals surface area (Å²) < 4.78 is 53.6. The first kappa shape index (κ1) is 23.7. The summed E-state index contributed by atoms with van der Waals surface area (Å²) in [6.45, 7) is 5.03. The number of rotatable bonds is 4. The number of benzene rings is 2. The van der Waals surface area contributed by atoms with E-state index in [9.17, 15) is 18.0 Å². The van der Waals surface area contributed by atoms with Crippen LogP contribution in [0.25, 0.3) is 10.2 Å². The Kier molecular flexibility index (Phi) is 5.80. The molecule has 0 spiro atoms. The number of hydrazone groups is 1. The van der Waals surface area contributed by atoms with Crippen molar-refractivity contribution in [1.29, 1.82) is 0 Å². The van der Waals surface area contributed by atoms with Crippen molar-refractivity contribution in [2.75, 3.05) is 38.0 Å². The van der Waals surface area contributed by atoms with E-state index in [0.717, 1.165) is 44.7 Å². The van der Waals surface area contributed by atoms with Gasteiger partial charge in [-0.05, 0) is 37.3 Å². The van der Waals surface area contributed by atoms with E-state index in [1.807, 2.05) is 29.2 Å². The number of nitrogens with zero attached hydrogens (tertiary/aromatic N) is 4. The van der Waals surface area contributed by atoms with Crippen molar-refractivity contribution >= 4 is 38.3 Å². The fourth-order valence-electron chi connectivity index (χ4n) is 4.84. The maximum absolute atomic E-state index is 14.0. The lowest BCUT2D eigenvalue weighted by Crippen LogP contribution is -3.13. The zero-order valence-corrected chi connectivity index (χ0v) is 20.7. The van der Waals surface area contributed by atoms with Crippen LogP contribution in [0.2, 0.25) is 0 Å². The fourth-order valence-corrected chi connectivity index (χ4v) is 5.76. The summed E-state index contributed by atoms with van der Waals surface area (Å²) >= 11 is 1.13. The molecule has 1 N–H and O–H groups in total. The first-order valence-electron chi connectivity index (χ1n) is 11.8. The number of para-hydroxylation sites is 1. The van der Waals surface area contributed by atoms with E-state index < -0.39 is 23.4 Å². The number of piperazine rings is 1. The normalized spacial score (nSPS) is 19.7. The Morgan fingerprint density at radius 1 is 1.11 bits per heavy atom. The average molecular weight is 531 g/mol. The smallest absolute Gasteiger partial charge is 0.436 e. The molecule has 0 bridgehead atoms. The Labute approximate surface area is 214 Å². The molecule has 0 atom stereocenters. The largest absolute Gasteiger partial charge is 0.454 e. The highest BCUT2D eigenvalue weighted by molar-refractivity contribution is 7.22. The van der Waals surface area contributed by atoms with E-state index in [4.69, 9.17) is 9.47 Å². The van der Waals surface area contributed by atoms with Gasteiger partial charge in [-0.1, -0.05) is 23.5 Å². The quantitative estimate of drug-likeness (QED) is 0.526. The van der Waals surface area contributed by atoms with E-state index in [-0.39, 0.29) is 17.6 Å². The minimum atomic E-state index is -4.77. The van der Waals surface area contributed by atoms with Crippen LogP contribution in [0.1, 0.15) is 12.5 Å². The third-order valence-electron chi connectivity index (χ3n) is 6.77. The summed E-state index contributed by atoms with van der Waals surface area (Å²) in [5, 5.41) is 4.62. The minimum Gasteiger partial charge on any atom is -0.454 e. The van der Waals surface area contributed by atoms with Gasteiger partial charge in [0.1, 0.15) is 6.54 Å². The number of aromatic nitrogens is 1. The molecule has 3 aliphatic heterocycles. The standard InChI is InChI=1S/C25H22F3N5O3S/c1-15(32-10-8-31(9-11-32)13-16-6-7-18-19(12-16)36-14-35-18)21-22(25(26,27)28)30-33(23(21)34)24-29-17-4-2-3-5-20(17)37-24/h2-7,12H,8-11,13-14H2,1H3/p+1/b21-15-. The molecule has 0 radical (unpaired) electrons. The van der Waals surface area contributed by atoms with Gasteiger partial charge in [0.2, 0.25) is 11.9 Å². The van der Waals surface area contributed by atoms with Crippen LogP contribution < -0.4 is 19.4 Å². The highest BCUT2D eigenvalue weighted by Crippen LogP contribution is 2.37. The number of fused-ring (bicyclic) bond motifs is 2. The maximum atomic E-state index is 14.0. The molecule has 1 fully saturated rings. The van der Waals surface area contributed by atoms with Crippen LogP contribution in [0, 0.1) is 0 Å². The number of quaternary nitrogens is 1. The van der Waals surface area contributed by atoms with Crippen LogP contribution in [0.15, 0.2) is 58.8 Å². The molecule has 0 saturated carbocycles. The molecule has 1 amide bonds. The van der Waals surface area contributed by atoms with Crippen molar-refractivity contribution in [2.45, 2.75) is 19.6 Å². The van der Waals surface area contributed by atoms with Crippen molar-refractivity contribution in [3.05, 3.63) is 59.3 Å². The molecule has 1 aromatic heterocycles. The molecule has 192 valence electrons. The van der Waals surface area contributed by atoms with Crippen LogP contribution in [0.3, 0.4) is 0 Å². The molecule has 4 heterocycles. The number of carbonyl (C=O) groups excluding carboxylic acids is 1. The molecule has 8 nitrogen and oxygen atoms in total. The Bertz CT molecular complexity index is 1410. The molecule has 6 rings (SSSR count). The second kappa shape index (κ2) is 9.03. The van der Waals surface area contributed by atoms with E-state index in [2.05, 4.69) is 10.1 Å². The maximum Gasteiger partial charge on any atom is 0.436 e. The van der Waals surface area contributed by atoms with Crippen LogP contribution in [-0.2, 0) is 11.3 Å². The molecular weight excluding hydrogens is 507 g/mol. The van der Waals surface area contributed by atoms with E-state index in [0.29, 0.717) is 31.7 Å². The van der Waals surface area contributed by atoms with Crippen LogP contribution in [0.4, 0.5) is 18.3 Å². The SMILES string of the molecule is C/C(=C1/C(=O)N(c2nc3ccccc3s2)N=C1C(F)(F)F)N1CC[NH+](Cc2ccc3c(c2)OCO3)CC1. The second-order valence-electron chi connectivity index (χ2n) is 9.09. The third-order valence-corrected chi connectivity index (χ3v) is 7.79. The Balaban J connectivity index is 1.21. The van der Waals surface area contributed by atoms with E-state index in [1.165, 1.54) is 4.90 Å². The van der Waals surface area contributed by atoms with Gasteiger partial charge in [0.25, 0.3) is 5.91 Å². The topological polar surface area (TPSA) is 71.7 Å². The summed E-state index contributed by atoms with van der Waals surface area (Å²) in [7, 11) is 0. The highest BCUT2D eigenvalue weighted by atomic mass is 32.1. The number of thiazole rings is 1. The number of anilines is 1. The Morgan fingerprint density at radius 3 is 2.62 bits per heavy atom. The lowest BCUT2D eigenvalue weighted by molar-refractivity contribution is -0.917. The molecular formula is C25H23F3N5O3S+. The fraction of sp³-hybridized carbons (Fsp3) is 0.320. The average Bonchev–Trinajstić information content (AvgIpc) is 3.60. The predicted molar refractivity (Wildman–Crippen MR) is 132 cm³/mol. The second-order valence-corrected chi connectivity index (χ2v) is 10.1. The van der Waals surface area contributed by atoms with Gasteiger partial charge in [-0.2, -0.15) is 23.3 Å². The number of carbonyl (C=O) groups is 1. The van der Waals surface area contributed by atoms with Gasteiger partial charge in [-0.3, -0.25) is 4.79 Å². The number of alkyl halides is 3. The van der Waals surface area contributed by atoms with Gasteiger partial charge >= 0.3 is 6.18 Å². The molecule has 2 aromatic carbocycles. The van der Waals surface area contributed by atoms with E-state index >= 15 is 0 Å². The first-order valence-corrected chi connectivity index (χ1v) is 12.6. The third kappa shape index (κ3) is 4.40. The van der Waals surface area contributed by atoms with Gasteiger partial charge in [0, 0.05) is 11.3 Å². The van der Waals surface area contributed by atoms with Crippen LogP contribution in [-0.4, -0.2) is 60.7 Å². The molecule has 0 unspecified atom stereocenters. The lowest BCUT2D eigenvalue weighted by Gasteiger charge is -2.34. The summed E-state index contributed by atoms with van der Waals surface area (Å²) in [5.41, 5.74) is 0.406. The number of amides is 1. The molecule has 1 saturated heterocycles. The van der Waals surface area contributed by atoms with Gasteiger partial charge in [-0.15, -0.1) is 0 Å². The van der Waals surface area contributed by atoms with Crippen molar-refractivity contribution in [2.24, 2.45) is 5.10 Å². The molecule has 3 aromatic rings. The van der Waals surface area contributed by atoms with Crippen molar-refractivity contribution in [1.82, 2.24) is 9.88 Å². The number of hydrogen-bond donors (Lipinski definition) is 1. The first-order chi connectivity index (χ1) is 17.8. The van der Waals surface area contributed by atoms with E-state index in [1.54, 1.807) is 25.1 Å². The lowest BCUT2D eigenvalue weighted by atomic mass is 10.1. The molecule has 12 heteroatoms. The zero-order chi connectivity index (χ0) is 25.7. The number of nitrogens with one attached hydrogen (secondary N) is 1. The number of hydrogen-bond acceptors (Lipinski definition) is 7. The van der Waals surface area contributed by atoms with Gasteiger partial charge in [0.05, 0.1) is 42.0 Å². The number of halogens is 3.